The average molecular weight is 446 g/mol. The number of carbonyl (C=O) groups is 2. The maximum absolute atomic E-state index is 13.1. The Hall–Kier alpha value is -3.68. The molecule has 1 unspecified atom stereocenters. The molecule has 1 N–H and O–H groups in total. The van der Waals surface area contributed by atoms with Gasteiger partial charge in [-0.15, -0.1) is 5.10 Å². The zero-order chi connectivity index (χ0) is 22.8. The Kier molecular flexibility index (Phi) is 5.81. The zero-order valence-electron chi connectivity index (χ0n) is 18.6. The van der Waals surface area contributed by atoms with E-state index in [1.165, 1.54) is 0 Å². The lowest BCUT2D eigenvalue weighted by atomic mass is 9.92. The Balaban J connectivity index is 1.17. The Morgan fingerprint density at radius 1 is 1.03 bits per heavy atom. The van der Waals surface area contributed by atoms with Crippen LogP contribution in [0.5, 0.6) is 5.75 Å². The maximum Gasteiger partial charge on any atom is 0.253 e. The Bertz CT molecular complexity index is 1170. The van der Waals surface area contributed by atoms with Gasteiger partial charge in [0.2, 0.25) is 5.91 Å². The maximum atomic E-state index is 13.1. The number of hydrogen-bond donors (Lipinski definition) is 1. The van der Waals surface area contributed by atoms with Crippen LogP contribution >= 0.6 is 0 Å². The number of nitrogens with one attached hydrogen (secondary N) is 1. The molecule has 8 heteroatoms. The van der Waals surface area contributed by atoms with Crippen molar-refractivity contribution < 1.29 is 14.3 Å². The number of H-pyrrole nitrogens is 1. The van der Waals surface area contributed by atoms with Gasteiger partial charge in [-0.25, -0.2) is 0 Å². The number of benzene rings is 2. The smallest absolute Gasteiger partial charge is 0.253 e. The van der Waals surface area contributed by atoms with Crippen molar-refractivity contribution in [3.05, 3.63) is 59.7 Å². The number of methoxy groups -OCH3 is 1. The van der Waals surface area contributed by atoms with Gasteiger partial charge >= 0.3 is 0 Å². The first kappa shape index (κ1) is 21.2. The normalized spacial score (nSPS) is 20.8. The van der Waals surface area contributed by atoms with Crippen LogP contribution in [0.1, 0.15) is 28.8 Å². The van der Waals surface area contributed by atoms with Crippen molar-refractivity contribution in [2.24, 2.45) is 11.8 Å². The van der Waals surface area contributed by atoms with Gasteiger partial charge in [-0.1, -0.05) is 17.3 Å². The largest absolute Gasteiger partial charge is 0.497 e. The van der Waals surface area contributed by atoms with E-state index in [2.05, 4.69) is 15.4 Å². The lowest BCUT2D eigenvalue weighted by molar-refractivity contribution is -0.126. The Labute approximate surface area is 192 Å². The molecule has 0 saturated carbocycles. The molecule has 2 saturated heterocycles. The van der Waals surface area contributed by atoms with E-state index in [0.717, 1.165) is 55.9 Å². The molecular formula is C25H27N5O3. The quantitative estimate of drug-likeness (QED) is 0.624. The molecule has 2 amide bonds. The number of aromatic nitrogens is 3. The van der Waals surface area contributed by atoms with Crippen LogP contribution in [-0.2, 0) is 4.79 Å². The molecule has 5 rings (SSSR count). The summed E-state index contributed by atoms with van der Waals surface area (Å²) in [6.45, 7) is 2.92. The standard InChI is InChI=1S/C25H27N5O3/c1-33-21-6-2-17(3-7-21)4-9-24(31)29-12-10-19-15-30(16-20(19)11-13-29)25(32)18-5-8-22-23(14-18)27-28-26-22/h2-9,14,19-20H,10-13,15-16H2,1H3,(H,26,27,28)/b9-4+/t19-,20?/m1/s1. The van der Waals surface area contributed by atoms with E-state index >= 15 is 0 Å². The van der Waals surface area contributed by atoms with E-state index in [0.29, 0.717) is 22.9 Å². The molecule has 0 spiro atoms. The first-order chi connectivity index (χ1) is 16.1. The minimum atomic E-state index is 0.0413. The van der Waals surface area contributed by atoms with Gasteiger partial charge in [0.05, 0.1) is 12.6 Å². The van der Waals surface area contributed by atoms with Crippen LogP contribution in [0.4, 0.5) is 0 Å². The fourth-order valence-corrected chi connectivity index (χ4v) is 4.88. The molecular weight excluding hydrogens is 418 g/mol. The molecule has 2 fully saturated rings. The van der Waals surface area contributed by atoms with E-state index in [1.807, 2.05) is 52.3 Å². The number of carbonyl (C=O) groups excluding carboxylic acids is 2. The molecule has 33 heavy (non-hydrogen) atoms. The van der Waals surface area contributed by atoms with Gasteiger partial charge in [0, 0.05) is 37.8 Å². The van der Waals surface area contributed by atoms with Gasteiger partial charge in [-0.2, -0.15) is 0 Å². The highest BCUT2D eigenvalue weighted by Crippen LogP contribution is 2.33. The molecule has 2 aliphatic heterocycles. The van der Waals surface area contributed by atoms with Crippen LogP contribution in [0, 0.1) is 11.8 Å². The van der Waals surface area contributed by atoms with Crippen LogP contribution in [0.15, 0.2) is 48.5 Å². The summed E-state index contributed by atoms with van der Waals surface area (Å²) in [4.78, 5) is 29.7. The fourth-order valence-electron chi connectivity index (χ4n) is 4.88. The van der Waals surface area contributed by atoms with Crippen molar-refractivity contribution in [2.75, 3.05) is 33.3 Å². The highest BCUT2D eigenvalue weighted by molar-refractivity contribution is 5.97. The molecule has 0 bridgehead atoms. The van der Waals surface area contributed by atoms with Crippen molar-refractivity contribution >= 4 is 28.9 Å². The van der Waals surface area contributed by atoms with Crippen LogP contribution in [-0.4, -0.2) is 70.3 Å². The van der Waals surface area contributed by atoms with Crippen molar-refractivity contribution in [3.63, 3.8) is 0 Å². The minimum absolute atomic E-state index is 0.0413. The highest BCUT2D eigenvalue weighted by Gasteiger charge is 2.37. The highest BCUT2D eigenvalue weighted by atomic mass is 16.5. The number of likely N-dealkylation sites (tertiary alicyclic amines) is 2. The third-order valence-electron chi connectivity index (χ3n) is 6.82. The fraction of sp³-hybridized carbons (Fsp3) is 0.360. The second-order valence-corrected chi connectivity index (χ2v) is 8.78. The van der Waals surface area contributed by atoms with Crippen LogP contribution in [0.25, 0.3) is 17.1 Å². The number of ether oxygens (including phenoxy) is 1. The molecule has 2 atom stereocenters. The van der Waals surface area contributed by atoms with Gasteiger partial charge in [0.15, 0.2) is 0 Å². The minimum Gasteiger partial charge on any atom is -0.497 e. The monoisotopic (exact) mass is 445 g/mol. The third-order valence-corrected chi connectivity index (χ3v) is 6.82. The van der Waals surface area contributed by atoms with Crippen molar-refractivity contribution in [1.82, 2.24) is 25.2 Å². The van der Waals surface area contributed by atoms with Crippen molar-refractivity contribution in [1.29, 1.82) is 0 Å². The SMILES string of the molecule is COc1ccc(/C=C/C(=O)N2CCC3CN(C(=O)c4ccc5[nH]nnc5c4)C[C@H]3CC2)cc1. The van der Waals surface area contributed by atoms with Gasteiger partial charge in [0.1, 0.15) is 11.3 Å². The molecule has 2 aromatic carbocycles. The van der Waals surface area contributed by atoms with E-state index in [9.17, 15) is 9.59 Å². The zero-order valence-corrected chi connectivity index (χ0v) is 18.6. The Morgan fingerprint density at radius 3 is 2.45 bits per heavy atom. The molecule has 3 aromatic rings. The number of aromatic amines is 1. The summed E-state index contributed by atoms with van der Waals surface area (Å²) in [5.41, 5.74) is 3.14. The summed E-state index contributed by atoms with van der Waals surface area (Å²) in [7, 11) is 1.63. The summed E-state index contributed by atoms with van der Waals surface area (Å²) in [5.74, 6) is 1.73. The molecule has 2 aliphatic rings. The van der Waals surface area contributed by atoms with E-state index in [-0.39, 0.29) is 11.8 Å². The van der Waals surface area contributed by atoms with Gasteiger partial charge < -0.3 is 14.5 Å². The molecule has 0 aliphatic carbocycles. The van der Waals surface area contributed by atoms with E-state index in [4.69, 9.17) is 4.74 Å². The summed E-state index contributed by atoms with van der Waals surface area (Å²) in [6, 6.07) is 13.1. The topological polar surface area (TPSA) is 91.4 Å². The van der Waals surface area contributed by atoms with Crippen molar-refractivity contribution in [3.8, 4) is 5.75 Å². The second kappa shape index (κ2) is 9.05. The number of fused-ring (bicyclic) bond motifs is 2. The molecule has 8 nitrogen and oxygen atoms in total. The van der Waals surface area contributed by atoms with Crippen LogP contribution < -0.4 is 4.74 Å². The summed E-state index contributed by atoms with van der Waals surface area (Å²) in [5, 5.41) is 10.6. The summed E-state index contributed by atoms with van der Waals surface area (Å²) >= 11 is 0. The molecule has 170 valence electrons. The first-order valence-corrected chi connectivity index (χ1v) is 11.3. The lowest BCUT2D eigenvalue weighted by Crippen LogP contribution is -2.33. The number of rotatable bonds is 4. The van der Waals surface area contributed by atoms with Crippen LogP contribution in [0.3, 0.4) is 0 Å². The van der Waals surface area contributed by atoms with E-state index in [1.54, 1.807) is 19.3 Å². The average Bonchev–Trinajstić information content (AvgIpc) is 3.44. The second-order valence-electron chi connectivity index (χ2n) is 8.78. The summed E-state index contributed by atoms with van der Waals surface area (Å²) < 4.78 is 5.17. The molecule has 0 radical (unpaired) electrons. The third kappa shape index (κ3) is 4.46. The number of nitrogens with zero attached hydrogens (tertiary/aromatic N) is 4. The Morgan fingerprint density at radius 2 is 1.76 bits per heavy atom. The predicted molar refractivity (Wildman–Crippen MR) is 125 cm³/mol. The lowest BCUT2D eigenvalue weighted by Gasteiger charge is -2.21. The van der Waals surface area contributed by atoms with Crippen LogP contribution in [0.2, 0.25) is 0 Å². The van der Waals surface area contributed by atoms with E-state index < -0.39 is 0 Å². The number of amides is 2. The van der Waals surface area contributed by atoms with Gasteiger partial charge in [-0.05, 0) is 66.6 Å². The molecule has 3 heterocycles. The predicted octanol–water partition coefficient (Wildman–Crippen LogP) is 2.99. The van der Waals surface area contributed by atoms with Gasteiger partial charge in [-0.3, -0.25) is 14.7 Å². The van der Waals surface area contributed by atoms with Crippen molar-refractivity contribution in [2.45, 2.75) is 12.8 Å². The van der Waals surface area contributed by atoms with Gasteiger partial charge in [0.25, 0.3) is 5.91 Å². The molecule has 1 aromatic heterocycles. The number of hydrogen-bond acceptors (Lipinski definition) is 5. The first-order valence-electron chi connectivity index (χ1n) is 11.3. The summed E-state index contributed by atoms with van der Waals surface area (Å²) in [6.07, 6.45) is 5.33.